The molecule has 5 rings (SSSR count). The third kappa shape index (κ3) is 5.83. The Bertz CT molecular complexity index is 1200. The van der Waals surface area contributed by atoms with Gasteiger partial charge in [-0.25, -0.2) is 19.3 Å². The monoisotopic (exact) mass is 502 g/mol. The number of nitrogens with one attached hydrogen (secondary N) is 3. The highest BCUT2D eigenvalue weighted by Crippen LogP contribution is 2.35. The van der Waals surface area contributed by atoms with Crippen LogP contribution in [0.2, 0.25) is 0 Å². The van der Waals surface area contributed by atoms with Crippen LogP contribution in [0.4, 0.5) is 20.4 Å². The van der Waals surface area contributed by atoms with Crippen LogP contribution in [0, 0.1) is 17.6 Å². The molecule has 3 N–H and O–H groups in total. The minimum Gasteiger partial charge on any atom is -0.435 e. The average Bonchev–Trinajstić information content (AvgIpc) is 3.71. The quantitative estimate of drug-likeness (QED) is 0.436. The van der Waals surface area contributed by atoms with Gasteiger partial charge in [0, 0.05) is 30.9 Å². The van der Waals surface area contributed by atoms with Gasteiger partial charge in [-0.3, -0.25) is 4.79 Å². The molecule has 8 nitrogen and oxygen atoms in total. The van der Waals surface area contributed by atoms with Crippen molar-refractivity contribution in [1.29, 1.82) is 0 Å². The second-order valence-electron chi connectivity index (χ2n) is 8.41. The summed E-state index contributed by atoms with van der Waals surface area (Å²) in [5.41, 5.74) is 0.811. The molecule has 0 bridgehead atoms. The largest absolute Gasteiger partial charge is 0.435 e. The van der Waals surface area contributed by atoms with Gasteiger partial charge in [-0.05, 0) is 62.6 Å². The van der Waals surface area contributed by atoms with E-state index in [0.29, 0.717) is 17.2 Å². The van der Waals surface area contributed by atoms with Crippen LogP contribution in [0.25, 0.3) is 11.3 Å². The van der Waals surface area contributed by atoms with Gasteiger partial charge < -0.3 is 20.7 Å². The highest BCUT2D eigenvalue weighted by molar-refractivity contribution is 5.94. The van der Waals surface area contributed by atoms with Crippen molar-refractivity contribution >= 4 is 29.9 Å². The molecule has 1 unspecified atom stereocenters. The molecule has 1 saturated carbocycles. The van der Waals surface area contributed by atoms with Crippen molar-refractivity contribution in [2.45, 2.75) is 31.7 Å². The molecule has 2 fully saturated rings. The number of anilines is 2. The summed E-state index contributed by atoms with van der Waals surface area (Å²) in [7, 11) is 0. The molecule has 184 valence electrons. The summed E-state index contributed by atoms with van der Waals surface area (Å²) in [5, 5.41) is 9.08. The Morgan fingerprint density at radius 2 is 1.91 bits per heavy atom. The van der Waals surface area contributed by atoms with E-state index in [1.54, 1.807) is 24.4 Å². The number of hydrogen-bond acceptors (Lipinski definition) is 7. The van der Waals surface area contributed by atoms with Gasteiger partial charge in [0.15, 0.2) is 11.6 Å². The molecule has 0 spiro atoms. The number of aromatic nitrogens is 3. The number of carbonyl (C=O) groups is 1. The second-order valence-corrected chi connectivity index (χ2v) is 8.41. The molecule has 2 aromatic heterocycles. The topological polar surface area (TPSA) is 101 Å². The van der Waals surface area contributed by atoms with E-state index in [0.717, 1.165) is 38.8 Å². The molecular formula is C24H25ClF2N6O2. The van der Waals surface area contributed by atoms with Crippen LogP contribution in [0.15, 0.2) is 42.7 Å². The fourth-order valence-electron chi connectivity index (χ4n) is 3.79. The minimum absolute atomic E-state index is 0. The Morgan fingerprint density at radius 1 is 1.06 bits per heavy atom. The van der Waals surface area contributed by atoms with Crippen molar-refractivity contribution in [3.63, 3.8) is 0 Å². The molecule has 1 aromatic carbocycles. The Balaban J connectivity index is 0.00000289. The molecule has 1 aliphatic heterocycles. The van der Waals surface area contributed by atoms with Gasteiger partial charge in [-0.15, -0.1) is 12.4 Å². The first-order chi connectivity index (χ1) is 16.6. The number of piperidine rings is 1. The van der Waals surface area contributed by atoms with Gasteiger partial charge in [-0.2, -0.15) is 4.39 Å². The van der Waals surface area contributed by atoms with Crippen molar-refractivity contribution in [3.8, 4) is 22.9 Å². The molecule has 3 heterocycles. The van der Waals surface area contributed by atoms with Crippen LogP contribution in [-0.4, -0.2) is 40.0 Å². The van der Waals surface area contributed by atoms with Gasteiger partial charge in [-0.1, -0.05) is 0 Å². The fraction of sp³-hybridized carbons (Fsp3) is 0.333. The summed E-state index contributed by atoms with van der Waals surface area (Å²) >= 11 is 0. The molecule has 1 amide bonds. The highest BCUT2D eigenvalue weighted by atomic mass is 35.5. The van der Waals surface area contributed by atoms with Gasteiger partial charge >= 0.3 is 0 Å². The van der Waals surface area contributed by atoms with E-state index >= 15 is 0 Å². The van der Waals surface area contributed by atoms with Gasteiger partial charge in [0.25, 0.3) is 0 Å². The zero-order valence-corrected chi connectivity index (χ0v) is 19.6. The Hall–Kier alpha value is -3.37. The standard InChI is InChI=1S/C24H24F2N6O2.ClH/c25-20-18(31-22(33)14-5-6-14)7-8-19(21(20)26)34-23-16(4-2-11-28-23)17-9-12-29-24(32-17)30-15-3-1-10-27-13-15;/h2,4,7-9,11-12,14-15,27H,1,3,5-6,10,13H2,(H,31,33)(H,29,30,32);1H. The molecular weight excluding hydrogens is 478 g/mol. The summed E-state index contributed by atoms with van der Waals surface area (Å²) in [6.45, 7) is 1.83. The molecule has 1 saturated heterocycles. The van der Waals surface area contributed by atoms with Crippen molar-refractivity contribution in [2.24, 2.45) is 5.92 Å². The lowest BCUT2D eigenvalue weighted by atomic mass is 10.1. The van der Waals surface area contributed by atoms with Crippen LogP contribution >= 0.6 is 12.4 Å². The van der Waals surface area contributed by atoms with E-state index in [9.17, 15) is 13.6 Å². The van der Waals surface area contributed by atoms with Gasteiger partial charge in [0.2, 0.25) is 23.6 Å². The van der Waals surface area contributed by atoms with Gasteiger partial charge in [0.1, 0.15) is 0 Å². The summed E-state index contributed by atoms with van der Waals surface area (Å²) in [5.74, 6) is -2.64. The summed E-state index contributed by atoms with van der Waals surface area (Å²) < 4.78 is 35.0. The fourth-order valence-corrected chi connectivity index (χ4v) is 3.79. The summed E-state index contributed by atoms with van der Waals surface area (Å²) in [6, 6.07) is 7.90. The molecule has 0 radical (unpaired) electrons. The molecule has 1 atom stereocenters. The van der Waals surface area contributed by atoms with E-state index in [-0.39, 0.29) is 47.6 Å². The highest BCUT2D eigenvalue weighted by Gasteiger charge is 2.30. The molecule has 35 heavy (non-hydrogen) atoms. The van der Waals surface area contributed by atoms with E-state index in [4.69, 9.17) is 4.74 Å². The number of carbonyl (C=O) groups excluding carboxylic acids is 1. The molecule has 1 aliphatic carbocycles. The van der Waals surface area contributed by atoms with Crippen LogP contribution in [0.3, 0.4) is 0 Å². The minimum atomic E-state index is -1.21. The predicted octanol–water partition coefficient (Wildman–Crippen LogP) is 4.54. The number of ether oxygens (including phenoxy) is 1. The first-order valence-electron chi connectivity index (χ1n) is 11.3. The zero-order chi connectivity index (χ0) is 23.5. The number of halogens is 3. The lowest BCUT2D eigenvalue weighted by molar-refractivity contribution is -0.117. The Labute approximate surface area is 207 Å². The Morgan fingerprint density at radius 3 is 2.69 bits per heavy atom. The van der Waals surface area contributed by atoms with E-state index in [1.807, 2.05) is 0 Å². The van der Waals surface area contributed by atoms with Crippen molar-refractivity contribution < 1.29 is 18.3 Å². The first kappa shape index (κ1) is 24.7. The third-order valence-electron chi connectivity index (χ3n) is 5.79. The lowest BCUT2D eigenvalue weighted by Crippen LogP contribution is -2.38. The average molecular weight is 503 g/mol. The van der Waals surface area contributed by atoms with Crippen molar-refractivity contribution in [2.75, 3.05) is 23.7 Å². The molecule has 11 heteroatoms. The van der Waals surface area contributed by atoms with E-state index < -0.39 is 11.6 Å². The van der Waals surface area contributed by atoms with Crippen LogP contribution in [0.5, 0.6) is 11.6 Å². The summed E-state index contributed by atoms with van der Waals surface area (Å²) in [4.78, 5) is 25.0. The lowest BCUT2D eigenvalue weighted by Gasteiger charge is -2.23. The maximum Gasteiger partial charge on any atom is 0.228 e. The first-order valence-corrected chi connectivity index (χ1v) is 11.3. The zero-order valence-electron chi connectivity index (χ0n) is 18.8. The van der Waals surface area contributed by atoms with Crippen LogP contribution in [0.1, 0.15) is 25.7 Å². The SMILES string of the molecule is Cl.O=C(Nc1ccc(Oc2ncccc2-c2ccnc(NC3CCCNC3)n2)c(F)c1F)C1CC1. The van der Waals surface area contributed by atoms with Crippen molar-refractivity contribution in [3.05, 3.63) is 54.4 Å². The predicted molar refractivity (Wildman–Crippen MR) is 130 cm³/mol. The second kappa shape index (κ2) is 10.9. The Kier molecular flexibility index (Phi) is 7.72. The molecule has 2 aliphatic rings. The number of hydrogen-bond donors (Lipinski definition) is 3. The van der Waals surface area contributed by atoms with Gasteiger partial charge in [0.05, 0.1) is 16.9 Å². The molecule has 3 aromatic rings. The number of rotatable bonds is 7. The third-order valence-corrected chi connectivity index (χ3v) is 5.79. The number of pyridine rings is 1. The smallest absolute Gasteiger partial charge is 0.228 e. The maximum atomic E-state index is 14.8. The number of benzene rings is 1. The van der Waals surface area contributed by atoms with Crippen LogP contribution in [-0.2, 0) is 4.79 Å². The van der Waals surface area contributed by atoms with Crippen LogP contribution < -0.4 is 20.7 Å². The van der Waals surface area contributed by atoms with E-state index in [2.05, 4.69) is 30.9 Å². The van der Waals surface area contributed by atoms with E-state index in [1.165, 1.54) is 18.3 Å². The number of amides is 1. The number of nitrogens with zero attached hydrogens (tertiary/aromatic N) is 3. The van der Waals surface area contributed by atoms with Crippen molar-refractivity contribution in [1.82, 2.24) is 20.3 Å². The maximum absolute atomic E-state index is 14.8. The summed E-state index contributed by atoms with van der Waals surface area (Å²) in [6.07, 6.45) is 6.72. The normalized spacial score (nSPS) is 17.3.